The van der Waals surface area contributed by atoms with Crippen LogP contribution in [0.1, 0.15) is 19.4 Å². The van der Waals surface area contributed by atoms with Crippen molar-refractivity contribution in [3.05, 3.63) is 28.2 Å². The molecule has 2 N–H and O–H groups in total. The summed E-state index contributed by atoms with van der Waals surface area (Å²) < 4.78 is 38.1. The molecule has 0 aliphatic heterocycles. The molecule has 0 aromatic heterocycles. The van der Waals surface area contributed by atoms with Gasteiger partial charge < -0.3 is 10.6 Å². The van der Waals surface area contributed by atoms with Crippen molar-refractivity contribution >= 4 is 38.9 Å². The van der Waals surface area contributed by atoms with Crippen LogP contribution in [0.4, 0.5) is 18.9 Å². The molecule has 0 saturated carbocycles. The van der Waals surface area contributed by atoms with Gasteiger partial charge in [0.2, 0.25) is 0 Å². The summed E-state index contributed by atoms with van der Waals surface area (Å²) in [4.78, 5) is 0. The summed E-state index contributed by atoms with van der Waals surface area (Å²) in [5.74, 6) is 0. The number of thiocarbonyl (C=S) groups is 1. The highest BCUT2D eigenvalue weighted by atomic mass is 79.9. The zero-order chi connectivity index (χ0) is 13.9. The fourth-order valence-electron chi connectivity index (χ4n) is 1.25. The van der Waals surface area contributed by atoms with Crippen LogP contribution >= 0.6 is 28.1 Å². The maximum absolute atomic E-state index is 12.6. The third kappa shape index (κ3) is 4.81. The van der Waals surface area contributed by atoms with E-state index in [1.165, 1.54) is 6.07 Å². The van der Waals surface area contributed by atoms with Crippen molar-refractivity contribution in [3.8, 4) is 0 Å². The molecule has 1 rings (SSSR count). The summed E-state index contributed by atoms with van der Waals surface area (Å²) in [6, 6.07) is 3.67. The molecule has 0 saturated heterocycles. The monoisotopic (exact) mass is 340 g/mol. The van der Waals surface area contributed by atoms with Crippen LogP contribution in [0.25, 0.3) is 0 Å². The quantitative estimate of drug-likeness (QED) is 0.790. The number of alkyl halides is 3. The standard InChI is InChI=1S/C11H12BrF3N2S/c1-6(2)16-10(18)17-9-4-7(11(13,14)15)3-8(12)5-9/h3-6H,1-2H3,(H2,16,17,18). The molecule has 0 spiro atoms. The second-order valence-corrected chi connectivity index (χ2v) is 5.30. The van der Waals surface area contributed by atoms with Gasteiger partial charge in [-0.05, 0) is 44.3 Å². The summed E-state index contributed by atoms with van der Waals surface area (Å²) in [7, 11) is 0. The number of hydrogen-bond acceptors (Lipinski definition) is 1. The lowest BCUT2D eigenvalue weighted by Gasteiger charge is -2.15. The van der Waals surface area contributed by atoms with Crippen LogP contribution < -0.4 is 10.6 Å². The number of rotatable bonds is 2. The molecule has 1 aromatic carbocycles. The molecule has 0 unspecified atom stereocenters. The fourth-order valence-corrected chi connectivity index (χ4v) is 2.10. The molecule has 0 radical (unpaired) electrons. The molecule has 1 aromatic rings. The Hall–Kier alpha value is -0.820. The molecule has 0 amide bonds. The van der Waals surface area contributed by atoms with Crippen LogP contribution in [0.5, 0.6) is 0 Å². The Morgan fingerprint density at radius 3 is 2.39 bits per heavy atom. The third-order valence-electron chi connectivity index (χ3n) is 1.90. The average molecular weight is 341 g/mol. The molecule has 2 nitrogen and oxygen atoms in total. The van der Waals surface area contributed by atoms with Crippen molar-refractivity contribution in [1.82, 2.24) is 5.32 Å². The summed E-state index contributed by atoms with van der Waals surface area (Å²) in [6.45, 7) is 3.77. The van der Waals surface area contributed by atoms with Gasteiger partial charge in [0.15, 0.2) is 5.11 Å². The Morgan fingerprint density at radius 2 is 1.89 bits per heavy atom. The van der Waals surface area contributed by atoms with Crippen LogP contribution in [0.2, 0.25) is 0 Å². The van der Waals surface area contributed by atoms with Crippen LogP contribution in [-0.2, 0) is 6.18 Å². The van der Waals surface area contributed by atoms with E-state index < -0.39 is 11.7 Å². The highest BCUT2D eigenvalue weighted by molar-refractivity contribution is 9.10. The van der Waals surface area contributed by atoms with Crippen LogP contribution in [0.15, 0.2) is 22.7 Å². The van der Waals surface area contributed by atoms with E-state index >= 15 is 0 Å². The second-order valence-electron chi connectivity index (χ2n) is 3.98. The lowest BCUT2D eigenvalue weighted by atomic mass is 10.2. The smallest absolute Gasteiger partial charge is 0.360 e. The van der Waals surface area contributed by atoms with E-state index in [4.69, 9.17) is 12.2 Å². The maximum Gasteiger partial charge on any atom is 0.416 e. The van der Waals surface area contributed by atoms with Crippen molar-refractivity contribution < 1.29 is 13.2 Å². The van der Waals surface area contributed by atoms with Gasteiger partial charge in [-0.3, -0.25) is 0 Å². The minimum atomic E-state index is -4.38. The van der Waals surface area contributed by atoms with Gasteiger partial charge >= 0.3 is 6.18 Å². The summed E-state index contributed by atoms with van der Waals surface area (Å²) >= 11 is 8.02. The predicted molar refractivity (Wildman–Crippen MR) is 73.6 cm³/mol. The molecule has 7 heteroatoms. The summed E-state index contributed by atoms with van der Waals surface area (Å²) in [5.41, 5.74) is -0.443. The number of nitrogens with one attached hydrogen (secondary N) is 2. The zero-order valence-electron chi connectivity index (χ0n) is 9.73. The normalized spacial score (nSPS) is 11.5. The molecular formula is C11H12BrF3N2S. The van der Waals surface area contributed by atoms with Crippen LogP contribution in [0.3, 0.4) is 0 Å². The predicted octanol–water partition coefficient (Wildman–Crippen LogP) is 4.16. The summed E-state index contributed by atoms with van der Waals surface area (Å²) in [5, 5.41) is 5.90. The van der Waals surface area contributed by atoms with Crippen molar-refractivity contribution in [3.63, 3.8) is 0 Å². The highest BCUT2D eigenvalue weighted by Crippen LogP contribution is 2.33. The van der Waals surface area contributed by atoms with Gasteiger partial charge in [-0.1, -0.05) is 15.9 Å². The highest BCUT2D eigenvalue weighted by Gasteiger charge is 2.31. The Bertz CT molecular complexity index is 446. The first-order chi connectivity index (χ1) is 8.18. The summed E-state index contributed by atoms with van der Waals surface area (Å²) in [6.07, 6.45) is -4.38. The van der Waals surface area contributed by atoms with E-state index in [2.05, 4.69) is 26.6 Å². The lowest BCUT2D eigenvalue weighted by molar-refractivity contribution is -0.137. The van der Waals surface area contributed by atoms with Gasteiger partial charge in [0.1, 0.15) is 0 Å². The lowest BCUT2D eigenvalue weighted by Crippen LogP contribution is -2.33. The van der Waals surface area contributed by atoms with Crippen LogP contribution in [-0.4, -0.2) is 11.2 Å². The van der Waals surface area contributed by atoms with Gasteiger partial charge in [0.25, 0.3) is 0 Å². The topological polar surface area (TPSA) is 24.1 Å². The molecule has 0 aliphatic rings. The van der Waals surface area contributed by atoms with E-state index in [0.717, 1.165) is 12.1 Å². The van der Waals surface area contributed by atoms with Gasteiger partial charge in [0.05, 0.1) is 5.56 Å². The first kappa shape index (κ1) is 15.2. The van der Waals surface area contributed by atoms with E-state index in [1.54, 1.807) is 0 Å². The van der Waals surface area contributed by atoms with Crippen molar-refractivity contribution in [2.75, 3.05) is 5.32 Å². The molecule has 0 atom stereocenters. The van der Waals surface area contributed by atoms with Crippen molar-refractivity contribution in [2.45, 2.75) is 26.1 Å². The SMILES string of the molecule is CC(C)NC(=S)Nc1cc(Br)cc(C(F)(F)F)c1. The van der Waals surface area contributed by atoms with Gasteiger partial charge in [-0.25, -0.2) is 0 Å². The van der Waals surface area contributed by atoms with E-state index in [0.29, 0.717) is 4.47 Å². The Morgan fingerprint density at radius 1 is 1.28 bits per heavy atom. The van der Waals surface area contributed by atoms with Gasteiger partial charge in [0, 0.05) is 16.2 Å². The van der Waals surface area contributed by atoms with E-state index in [-0.39, 0.29) is 16.8 Å². The minimum Gasteiger partial charge on any atom is -0.360 e. The largest absolute Gasteiger partial charge is 0.416 e. The van der Waals surface area contributed by atoms with E-state index in [1.807, 2.05) is 13.8 Å². The molecule has 0 bridgehead atoms. The minimum absolute atomic E-state index is 0.110. The first-order valence-corrected chi connectivity index (χ1v) is 6.34. The molecule has 18 heavy (non-hydrogen) atoms. The second kappa shape index (κ2) is 5.88. The van der Waals surface area contributed by atoms with Gasteiger partial charge in [-0.15, -0.1) is 0 Å². The van der Waals surface area contributed by atoms with Crippen LogP contribution in [0, 0.1) is 0 Å². The Kier molecular flexibility index (Phi) is 4.98. The Labute approximate surface area is 117 Å². The average Bonchev–Trinajstić information content (AvgIpc) is 2.13. The Balaban J connectivity index is 2.90. The van der Waals surface area contributed by atoms with E-state index in [9.17, 15) is 13.2 Å². The fraction of sp³-hybridized carbons (Fsp3) is 0.364. The molecule has 100 valence electrons. The van der Waals surface area contributed by atoms with Gasteiger partial charge in [-0.2, -0.15) is 13.2 Å². The third-order valence-corrected chi connectivity index (χ3v) is 2.58. The maximum atomic E-state index is 12.6. The molecule has 0 aliphatic carbocycles. The van der Waals surface area contributed by atoms with Crippen molar-refractivity contribution in [2.24, 2.45) is 0 Å². The first-order valence-electron chi connectivity index (χ1n) is 5.14. The zero-order valence-corrected chi connectivity index (χ0v) is 12.1. The molecule has 0 heterocycles. The van der Waals surface area contributed by atoms with Crippen molar-refractivity contribution in [1.29, 1.82) is 0 Å². The molecule has 0 fully saturated rings. The number of anilines is 1. The number of halogens is 4. The molecular weight excluding hydrogens is 329 g/mol. The number of benzene rings is 1. The number of hydrogen-bond donors (Lipinski definition) is 2.